The molecule has 0 saturated carbocycles. The molecule has 0 atom stereocenters. The zero-order chi connectivity index (χ0) is 14.0. The second-order valence-electron chi connectivity index (χ2n) is 5.28. The summed E-state index contributed by atoms with van der Waals surface area (Å²) in [6, 6.07) is 8.40. The third kappa shape index (κ3) is 2.72. The van der Waals surface area contributed by atoms with Crippen LogP contribution in [0.25, 0.3) is 11.3 Å². The van der Waals surface area contributed by atoms with Gasteiger partial charge in [-0.1, -0.05) is 45.0 Å². The Labute approximate surface area is 114 Å². The van der Waals surface area contributed by atoms with E-state index in [0.717, 1.165) is 29.9 Å². The first-order valence-corrected chi connectivity index (χ1v) is 6.74. The fraction of sp³-hybridized carbons (Fsp3) is 0.400. The van der Waals surface area contributed by atoms with Crippen LogP contribution in [-0.4, -0.2) is 9.66 Å². The molecule has 0 spiro atoms. The summed E-state index contributed by atoms with van der Waals surface area (Å²) in [5, 5.41) is 0. The van der Waals surface area contributed by atoms with Crippen molar-refractivity contribution >= 4 is 5.82 Å². The highest BCUT2D eigenvalue weighted by molar-refractivity contribution is 5.71. The molecule has 2 aromatic rings. The van der Waals surface area contributed by atoms with Crippen LogP contribution in [0.15, 0.2) is 24.3 Å². The number of nitrogen functional groups attached to an aromatic ring is 2. The number of nitrogens with zero attached hydrogens (tertiary/aromatic N) is 2. The summed E-state index contributed by atoms with van der Waals surface area (Å²) < 4.78 is 1.47. The third-order valence-corrected chi connectivity index (χ3v) is 3.21. The number of hydrogen-bond acceptors (Lipinski definition) is 3. The number of anilines is 1. The molecule has 0 aliphatic carbocycles. The van der Waals surface area contributed by atoms with Crippen LogP contribution in [0.3, 0.4) is 0 Å². The lowest BCUT2D eigenvalue weighted by atomic mass is 10.0. The van der Waals surface area contributed by atoms with Gasteiger partial charge < -0.3 is 11.6 Å². The van der Waals surface area contributed by atoms with Crippen molar-refractivity contribution in [2.75, 3.05) is 11.6 Å². The standard InChI is InChI=1S/C15H22N4/c1-4-13-18-14(15(16)19(13)17)12-7-5-11(6-8-12)9-10(2)3/h5-8,10H,4,9,16-17H2,1-3H3. The summed E-state index contributed by atoms with van der Waals surface area (Å²) in [6.45, 7) is 6.45. The molecule has 1 aromatic carbocycles. The van der Waals surface area contributed by atoms with Gasteiger partial charge in [-0.2, -0.15) is 0 Å². The van der Waals surface area contributed by atoms with Crippen LogP contribution in [0, 0.1) is 5.92 Å². The molecule has 0 amide bonds. The van der Waals surface area contributed by atoms with Crippen LogP contribution in [0.5, 0.6) is 0 Å². The summed E-state index contributed by atoms with van der Waals surface area (Å²) in [6.07, 6.45) is 1.85. The molecule has 0 unspecified atom stereocenters. The molecule has 102 valence electrons. The van der Waals surface area contributed by atoms with Gasteiger partial charge in [0.1, 0.15) is 11.5 Å². The average molecular weight is 258 g/mol. The van der Waals surface area contributed by atoms with E-state index in [9.17, 15) is 0 Å². The zero-order valence-corrected chi connectivity index (χ0v) is 11.9. The molecule has 0 radical (unpaired) electrons. The van der Waals surface area contributed by atoms with Gasteiger partial charge in [0.15, 0.2) is 5.82 Å². The normalized spacial score (nSPS) is 11.2. The third-order valence-electron chi connectivity index (χ3n) is 3.21. The van der Waals surface area contributed by atoms with Crippen molar-refractivity contribution in [1.82, 2.24) is 9.66 Å². The van der Waals surface area contributed by atoms with Crippen molar-refractivity contribution < 1.29 is 0 Å². The zero-order valence-electron chi connectivity index (χ0n) is 11.9. The van der Waals surface area contributed by atoms with Gasteiger partial charge in [-0.05, 0) is 17.9 Å². The highest BCUT2D eigenvalue weighted by atomic mass is 15.4. The molecule has 19 heavy (non-hydrogen) atoms. The summed E-state index contributed by atoms with van der Waals surface area (Å²) in [5.74, 6) is 7.86. The van der Waals surface area contributed by atoms with Crippen molar-refractivity contribution in [1.29, 1.82) is 0 Å². The summed E-state index contributed by atoms with van der Waals surface area (Å²) in [5.41, 5.74) is 9.13. The van der Waals surface area contributed by atoms with Gasteiger partial charge in [0, 0.05) is 12.0 Å². The average Bonchev–Trinajstić information content (AvgIpc) is 2.66. The van der Waals surface area contributed by atoms with E-state index >= 15 is 0 Å². The van der Waals surface area contributed by atoms with Crippen molar-refractivity contribution in [3.05, 3.63) is 35.7 Å². The van der Waals surface area contributed by atoms with E-state index in [2.05, 4.69) is 43.1 Å². The maximum Gasteiger partial charge on any atom is 0.150 e. The van der Waals surface area contributed by atoms with E-state index in [4.69, 9.17) is 11.6 Å². The molecular formula is C15H22N4. The molecule has 2 rings (SSSR count). The molecule has 1 aromatic heterocycles. The van der Waals surface area contributed by atoms with Gasteiger partial charge in [0.05, 0.1) is 0 Å². The number of hydrogen-bond donors (Lipinski definition) is 2. The van der Waals surface area contributed by atoms with Gasteiger partial charge in [-0.15, -0.1) is 0 Å². The molecule has 0 aliphatic heterocycles. The lowest BCUT2D eigenvalue weighted by Crippen LogP contribution is -2.14. The topological polar surface area (TPSA) is 69.9 Å². The highest BCUT2D eigenvalue weighted by Gasteiger charge is 2.13. The predicted octanol–water partition coefficient (Wildman–Crippen LogP) is 2.61. The number of benzene rings is 1. The van der Waals surface area contributed by atoms with Crippen molar-refractivity contribution in [2.45, 2.75) is 33.6 Å². The van der Waals surface area contributed by atoms with E-state index in [1.165, 1.54) is 10.2 Å². The van der Waals surface area contributed by atoms with Crippen LogP contribution in [0.1, 0.15) is 32.2 Å². The van der Waals surface area contributed by atoms with Crippen LogP contribution in [-0.2, 0) is 12.8 Å². The highest BCUT2D eigenvalue weighted by Crippen LogP contribution is 2.25. The Kier molecular flexibility index (Phi) is 3.79. The van der Waals surface area contributed by atoms with E-state index in [1.54, 1.807) is 0 Å². The van der Waals surface area contributed by atoms with Gasteiger partial charge in [-0.3, -0.25) is 0 Å². The molecule has 1 heterocycles. The number of imidazole rings is 1. The fourth-order valence-electron chi connectivity index (χ4n) is 2.23. The number of nitrogens with two attached hydrogens (primary N) is 2. The maximum atomic E-state index is 6.01. The Hall–Kier alpha value is -1.97. The van der Waals surface area contributed by atoms with E-state index < -0.39 is 0 Å². The molecule has 0 fully saturated rings. The smallest absolute Gasteiger partial charge is 0.150 e. The number of aryl methyl sites for hydroxylation is 1. The first-order chi connectivity index (χ1) is 9.02. The second kappa shape index (κ2) is 5.34. The Balaban J connectivity index is 2.32. The Morgan fingerprint density at radius 1 is 1.21 bits per heavy atom. The van der Waals surface area contributed by atoms with Gasteiger partial charge in [-0.25, -0.2) is 9.66 Å². The summed E-state index contributed by atoms with van der Waals surface area (Å²) >= 11 is 0. The van der Waals surface area contributed by atoms with E-state index in [1.807, 2.05) is 6.92 Å². The molecule has 0 bridgehead atoms. The fourth-order valence-corrected chi connectivity index (χ4v) is 2.23. The molecule has 0 saturated heterocycles. The van der Waals surface area contributed by atoms with Gasteiger partial charge in [0.25, 0.3) is 0 Å². The minimum absolute atomic E-state index is 0.522. The molecular weight excluding hydrogens is 236 g/mol. The van der Waals surface area contributed by atoms with Gasteiger partial charge in [0.2, 0.25) is 0 Å². The van der Waals surface area contributed by atoms with E-state index in [-0.39, 0.29) is 0 Å². The first kappa shape index (κ1) is 13.5. The van der Waals surface area contributed by atoms with Crippen LogP contribution < -0.4 is 11.6 Å². The summed E-state index contributed by atoms with van der Waals surface area (Å²) in [7, 11) is 0. The van der Waals surface area contributed by atoms with Crippen molar-refractivity contribution in [2.24, 2.45) is 5.92 Å². The molecule has 4 N–H and O–H groups in total. The van der Waals surface area contributed by atoms with Gasteiger partial charge >= 0.3 is 0 Å². The number of rotatable bonds is 4. The molecule has 0 aliphatic rings. The Morgan fingerprint density at radius 3 is 2.32 bits per heavy atom. The predicted molar refractivity (Wildman–Crippen MR) is 80.1 cm³/mol. The second-order valence-corrected chi connectivity index (χ2v) is 5.28. The quantitative estimate of drug-likeness (QED) is 0.828. The van der Waals surface area contributed by atoms with Crippen LogP contribution >= 0.6 is 0 Å². The lowest BCUT2D eigenvalue weighted by Gasteiger charge is -2.06. The minimum Gasteiger partial charge on any atom is -0.382 e. The Bertz CT molecular complexity index is 552. The Morgan fingerprint density at radius 2 is 1.84 bits per heavy atom. The van der Waals surface area contributed by atoms with Crippen molar-refractivity contribution in [3.8, 4) is 11.3 Å². The molecule has 4 heteroatoms. The minimum atomic E-state index is 0.522. The van der Waals surface area contributed by atoms with E-state index in [0.29, 0.717) is 11.7 Å². The number of aromatic nitrogens is 2. The maximum absolute atomic E-state index is 6.01. The molecule has 4 nitrogen and oxygen atoms in total. The monoisotopic (exact) mass is 258 g/mol. The van der Waals surface area contributed by atoms with Crippen LogP contribution in [0.2, 0.25) is 0 Å². The SMILES string of the molecule is CCc1nc(-c2ccc(CC(C)C)cc2)c(N)n1N. The summed E-state index contributed by atoms with van der Waals surface area (Å²) in [4.78, 5) is 4.50. The first-order valence-electron chi connectivity index (χ1n) is 6.74. The van der Waals surface area contributed by atoms with Crippen LogP contribution in [0.4, 0.5) is 5.82 Å². The lowest BCUT2D eigenvalue weighted by molar-refractivity contribution is 0.647. The largest absolute Gasteiger partial charge is 0.382 e. The van der Waals surface area contributed by atoms with Crippen molar-refractivity contribution in [3.63, 3.8) is 0 Å².